The second-order valence-corrected chi connectivity index (χ2v) is 5.30. The highest BCUT2D eigenvalue weighted by atomic mass is 79.9. The predicted molar refractivity (Wildman–Crippen MR) is 62.4 cm³/mol. The quantitative estimate of drug-likeness (QED) is 0.817. The maximum Gasteiger partial charge on any atom is 0.130 e. The summed E-state index contributed by atoms with van der Waals surface area (Å²) in [4.78, 5) is 11.1. The number of hydrogen-bond acceptors (Lipinski definition) is 1. The van der Waals surface area contributed by atoms with Crippen molar-refractivity contribution in [1.29, 1.82) is 0 Å². The molecule has 0 saturated heterocycles. The van der Waals surface area contributed by atoms with Gasteiger partial charge in [-0.15, -0.1) is 0 Å². The smallest absolute Gasteiger partial charge is 0.130 e. The lowest BCUT2D eigenvalue weighted by atomic mass is 9.80. The fourth-order valence-corrected chi connectivity index (χ4v) is 2.09. The van der Waals surface area contributed by atoms with Crippen molar-refractivity contribution in [2.45, 2.75) is 32.6 Å². The number of benzene rings is 1. The third kappa shape index (κ3) is 3.13. The van der Waals surface area contributed by atoms with Gasteiger partial charge in [0.25, 0.3) is 0 Å². The summed E-state index contributed by atoms with van der Waals surface area (Å²) < 4.78 is 14.4. The Morgan fingerprint density at radius 1 is 1.47 bits per heavy atom. The van der Waals surface area contributed by atoms with Crippen LogP contribution >= 0.6 is 15.9 Å². The van der Waals surface area contributed by atoms with Crippen molar-refractivity contribution in [2.24, 2.45) is 0 Å². The molecular formula is C12H14BrFO. The Bertz CT molecular complexity index is 385. The van der Waals surface area contributed by atoms with E-state index < -0.39 is 5.41 Å². The molecule has 0 N–H and O–H groups in total. The molecule has 0 fully saturated rings. The number of rotatable bonds is 3. The van der Waals surface area contributed by atoms with Gasteiger partial charge in [-0.1, -0.05) is 29.8 Å². The Morgan fingerprint density at radius 3 is 2.60 bits per heavy atom. The van der Waals surface area contributed by atoms with Gasteiger partial charge < -0.3 is 0 Å². The Labute approximate surface area is 97.8 Å². The van der Waals surface area contributed by atoms with Crippen molar-refractivity contribution < 1.29 is 9.18 Å². The van der Waals surface area contributed by atoms with Crippen LogP contribution in [0.5, 0.6) is 0 Å². The van der Waals surface area contributed by atoms with Crippen molar-refractivity contribution in [3.05, 3.63) is 34.1 Å². The molecular weight excluding hydrogens is 259 g/mol. The third-order valence-corrected chi connectivity index (χ3v) is 2.84. The van der Waals surface area contributed by atoms with E-state index >= 15 is 0 Å². The van der Waals surface area contributed by atoms with E-state index in [0.717, 1.165) is 4.47 Å². The van der Waals surface area contributed by atoms with Gasteiger partial charge >= 0.3 is 0 Å². The second-order valence-electron chi connectivity index (χ2n) is 4.39. The third-order valence-electron chi connectivity index (χ3n) is 2.35. The summed E-state index contributed by atoms with van der Waals surface area (Å²) in [6.07, 6.45) is 0.348. The zero-order chi connectivity index (χ0) is 11.6. The molecule has 0 spiro atoms. The standard InChI is InChI=1S/C12H14BrFO/c1-8(15)7-12(2,3)10-6-9(13)4-5-11(10)14/h4-6H,7H2,1-3H3. The van der Waals surface area contributed by atoms with Crippen LogP contribution in [0.2, 0.25) is 0 Å². The Balaban J connectivity index is 3.13. The monoisotopic (exact) mass is 272 g/mol. The average Bonchev–Trinajstić information content (AvgIpc) is 2.06. The molecule has 0 radical (unpaired) electrons. The maximum atomic E-state index is 13.6. The van der Waals surface area contributed by atoms with Gasteiger partial charge in [-0.25, -0.2) is 4.39 Å². The second kappa shape index (κ2) is 4.44. The highest BCUT2D eigenvalue weighted by molar-refractivity contribution is 9.10. The maximum absolute atomic E-state index is 13.6. The minimum atomic E-state index is -0.459. The molecule has 0 saturated carbocycles. The van der Waals surface area contributed by atoms with Gasteiger partial charge in [0.1, 0.15) is 11.6 Å². The molecule has 0 aliphatic carbocycles. The molecule has 1 nitrogen and oxygen atoms in total. The molecule has 0 aromatic heterocycles. The molecule has 0 amide bonds. The van der Waals surface area contributed by atoms with Gasteiger partial charge in [0.15, 0.2) is 0 Å². The summed E-state index contributed by atoms with van der Waals surface area (Å²) in [5.74, 6) is -0.191. The zero-order valence-corrected chi connectivity index (χ0v) is 10.7. The first kappa shape index (κ1) is 12.4. The summed E-state index contributed by atoms with van der Waals surface area (Å²) in [6.45, 7) is 5.27. The van der Waals surface area contributed by atoms with E-state index in [9.17, 15) is 9.18 Å². The molecule has 3 heteroatoms. The molecule has 0 aliphatic heterocycles. The zero-order valence-electron chi connectivity index (χ0n) is 9.10. The highest BCUT2D eigenvalue weighted by Gasteiger charge is 2.25. The van der Waals surface area contributed by atoms with Crippen LogP contribution in [0.25, 0.3) is 0 Å². The first-order chi connectivity index (χ1) is 6.83. The molecule has 0 atom stereocenters. The van der Waals surface area contributed by atoms with Crippen LogP contribution in [0.15, 0.2) is 22.7 Å². The molecule has 0 heterocycles. The fourth-order valence-electron chi connectivity index (χ4n) is 1.73. The Hall–Kier alpha value is -0.700. The van der Waals surface area contributed by atoms with E-state index in [-0.39, 0.29) is 11.6 Å². The van der Waals surface area contributed by atoms with Crippen LogP contribution in [0.3, 0.4) is 0 Å². The van der Waals surface area contributed by atoms with Gasteiger partial charge in [-0.3, -0.25) is 4.79 Å². The van der Waals surface area contributed by atoms with Gasteiger partial charge in [-0.2, -0.15) is 0 Å². The molecule has 0 aliphatic rings. The minimum Gasteiger partial charge on any atom is -0.300 e. The molecule has 1 aromatic rings. The molecule has 0 unspecified atom stereocenters. The van der Waals surface area contributed by atoms with Crippen molar-refractivity contribution in [3.8, 4) is 0 Å². The van der Waals surface area contributed by atoms with Crippen molar-refractivity contribution in [2.75, 3.05) is 0 Å². The number of halogens is 2. The predicted octanol–water partition coefficient (Wildman–Crippen LogP) is 3.84. The number of ketones is 1. The lowest BCUT2D eigenvalue weighted by Crippen LogP contribution is -2.22. The average molecular weight is 273 g/mol. The van der Waals surface area contributed by atoms with Gasteiger partial charge in [0, 0.05) is 10.9 Å². The fraction of sp³-hybridized carbons (Fsp3) is 0.417. The molecule has 0 bridgehead atoms. The Morgan fingerprint density at radius 2 is 2.07 bits per heavy atom. The molecule has 15 heavy (non-hydrogen) atoms. The number of carbonyl (C=O) groups is 1. The number of carbonyl (C=O) groups excluding carboxylic acids is 1. The van der Waals surface area contributed by atoms with Crippen molar-refractivity contribution in [1.82, 2.24) is 0 Å². The van der Waals surface area contributed by atoms with Crippen LogP contribution in [0, 0.1) is 5.82 Å². The van der Waals surface area contributed by atoms with E-state index in [1.165, 1.54) is 13.0 Å². The minimum absolute atomic E-state index is 0.0689. The lowest BCUT2D eigenvalue weighted by Gasteiger charge is -2.24. The largest absolute Gasteiger partial charge is 0.300 e. The molecule has 1 aromatic carbocycles. The summed E-state index contributed by atoms with van der Waals surface area (Å²) in [6, 6.07) is 4.81. The number of Topliss-reactive ketones (excluding diaryl/α,β-unsaturated/α-hetero) is 1. The Kier molecular flexibility index (Phi) is 3.66. The summed E-state index contributed by atoms with van der Waals surface area (Å²) in [7, 11) is 0. The van der Waals surface area contributed by atoms with Crippen molar-refractivity contribution >= 4 is 21.7 Å². The van der Waals surface area contributed by atoms with Crippen molar-refractivity contribution in [3.63, 3.8) is 0 Å². The highest BCUT2D eigenvalue weighted by Crippen LogP contribution is 2.31. The first-order valence-corrected chi connectivity index (χ1v) is 5.57. The van der Waals surface area contributed by atoms with E-state index in [0.29, 0.717) is 12.0 Å². The number of hydrogen-bond donors (Lipinski definition) is 0. The topological polar surface area (TPSA) is 17.1 Å². The van der Waals surface area contributed by atoms with E-state index in [4.69, 9.17) is 0 Å². The van der Waals surface area contributed by atoms with E-state index in [1.54, 1.807) is 12.1 Å². The summed E-state index contributed by atoms with van der Waals surface area (Å²) in [5.41, 5.74) is 0.117. The van der Waals surface area contributed by atoms with Crippen LogP contribution in [0.4, 0.5) is 4.39 Å². The van der Waals surface area contributed by atoms with E-state index in [1.807, 2.05) is 13.8 Å². The first-order valence-electron chi connectivity index (χ1n) is 4.78. The molecule has 1 rings (SSSR count). The normalized spacial score (nSPS) is 11.5. The van der Waals surface area contributed by atoms with Gasteiger partial charge in [0.2, 0.25) is 0 Å². The van der Waals surface area contributed by atoms with Crippen LogP contribution in [0.1, 0.15) is 32.8 Å². The SMILES string of the molecule is CC(=O)CC(C)(C)c1cc(Br)ccc1F. The van der Waals surface area contributed by atoms with Gasteiger partial charge in [0.05, 0.1) is 0 Å². The van der Waals surface area contributed by atoms with Crippen LogP contribution in [-0.4, -0.2) is 5.78 Å². The van der Waals surface area contributed by atoms with Crippen LogP contribution in [-0.2, 0) is 10.2 Å². The lowest BCUT2D eigenvalue weighted by molar-refractivity contribution is -0.118. The molecule has 82 valence electrons. The van der Waals surface area contributed by atoms with Gasteiger partial charge in [-0.05, 0) is 36.1 Å². The van der Waals surface area contributed by atoms with Crippen LogP contribution < -0.4 is 0 Å². The van der Waals surface area contributed by atoms with E-state index in [2.05, 4.69) is 15.9 Å². The summed E-state index contributed by atoms with van der Waals surface area (Å²) >= 11 is 3.30. The summed E-state index contributed by atoms with van der Waals surface area (Å²) in [5, 5.41) is 0.